The van der Waals surface area contributed by atoms with Gasteiger partial charge in [0.2, 0.25) is 5.91 Å². The van der Waals surface area contributed by atoms with E-state index in [0.29, 0.717) is 18.7 Å². The van der Waals surface area contributed by atoms with Gasteiger partial charge in [0.1, 0.15) is 17.5 Å². The molecule has 0 radical (unpaired) electrons. The van der Waals surface area contributed by atoms with Crippen LogP contribution in [0.5, 0.6) is 0 Å². The highest BCUT2D eigenvalue weighted by Gasteiger charge is 2.42. The summed E-state index contributed by atoms with van der Waals surface area (Å²) in [6, 6.07) is 1.72. The molecule has 1 aliphatic carbocycles. The number of carbonyl (C=O) groups excluding carboxylic acids is 1. The molecule has 3 aromatic rings. The van der Waals surface area contributed by atoms with Crippen molar-refractivity contribution in [3.63, 3.8) is 0 Å². The van der Waals surface area contributed by atoms with Gasteiger partial charge in [-0.15, -0.1) is 11.8 Å². The molecule has 0 bridgehead atoms. The van der Waals surface area contributed by atoms with E-state index in [1.807, 2.05) is 13.8 Å². The van der Waals surface area contributed by atoms with Gasteiger partial charge >= 0.3 is 11.9 Å². The van der Waals surface area contributed by atoms with Crippen LogP contribution < -0.4 is 10.6 Å². The summed E-state index contributed by atoms with van der Waals surface area (Å²) in [5, 5.41) is -0.430. The monoisotopic (exact) mass is 722 g/mol. The maximum atomic E-state index is 15.5. The zero-order valence-electron chi connectivity index (χ0n) is 27.1. The van der Waals surface area contributed by atoms with E-state index in [2.05, 4.69) is 21.4 Å². The molecule has 2 aromatic carbocycles. The predicted octanol–water partition coefficient (Wildman–Crippen LogP) is 6.05. The third-order valence-corrected chi connectivity index (χ3v) is 11.7. The van der Waals surface area contributed by atoms with Crippen LogP contribution in [-0.2, 0) is 11.0 Å². The lowest BCUT2D eigenvalue weighted by atomic mass is 9.95. The number of piperazine rings is 2. The fraction of sp³-hybridized carbons (Fsp3) is 0.500. The van der Waals surface area contributed by atoms with Crippen molar-refractivity contribution in [3.05, 3.63) is 63.6 Å². The number of amides is 1. The number of thioether (sulfide) groups is 1. The Kier molecular flexibility index (Phi) is 8.98. The van der Waals surface area contributed by atoms with Crippen LogP contribution in [0.15, 0.2) is 40.5 Å². The molecule has 1 aromatic heterocycles. The van der Waals surface area contributed by atoms with Crippen molar-refractivity contribution in [3.8, 4) is 11.1 Å². The average Bonchev–Trinajstić information content (AvgIpc) is 3.91. The summed E-state index contributed by atoms with van der Waals surface area (Å²) < 4.78 is 76.3. The minimum atomic E-state index is -4.96. The predicted molar refractivity (Wildman–Crippen MR) is 180 cm³/mol. The number of halogens is 6. The maximum Gasteiger partial charge on any atom is 0.417 e. The zero-order chi connectivity index (χ0) is 34.9. The van der Waals surface area contributed by atoms with Gasteiger partial charge in [0, 0.05) is 97.2 Å². The number of alkyl halides is 3. The van der Waals surface area contributed by atoms with Crippen molar-refractivity contribution in [2.24, 2.45) is 0 Å². The molecule has 49 heavy (non-hydrogen) atoms. The van der Waals surface area contributed by atoms with Gasteiger partial charge in [-0.25, -0.2) is 13.6 Å². The molecule has 0 unspecified atom stereocenters. The van der Waals surface area contributed by atoms with Crippen molar-refractivity contribution in [2.75, 3.05) is 56.5 Å². The second-order valence-electron chi connectivity index (χ2n) is 13.4. The molecule has 3 atom stereocenters. The van der Waals surface area contributed by atoms with Crippen molar-refractivity contribution < 1.29 is 26.7 Å². The first-order valence-corrected chi connectivity index (χ1v) is 17.8. The minimum absolute atomic E-state index is 0.0584. The van der Waals surface area contributed by atoms with E-state index in [-0.39, 0.29) is 52.4 Å². The Morgan fingerprint density at radius 3 is 2.43 bits per heavy atom. The van der Waals surface area contributed by atoms with Crippen LogP contribution in [0.25, 0.3) is 22.0 Å². The first-order chi connectivity index (χ1) is 23.3. The molecule has 15 heteroatoms. The van der Waals surface area contributed by atoms with E-state index in [1.54, 1.807) is 9.80 Å². The molecule has 8 nitrogen and oxygen atoms in total. The zero-order valence-corrected chi connectivity index (χ0v) is 28.6. The smallest absolute Gasteiger partial charge is 0.349 e. The van der Waals surface area contributed by atoms with Crippen LogP contribution in [0.1, 0.15) is 38.3 Å². The summed E-state index contributed by atoms with van der Waals surface area (Å²) in [7, 11) is 0. The average molecular weight is 723 g/mol. The molecule has 0 N–H and O–H groups in total. The number of hydrogen-bond donors (Lipinski definition) is 0. The number of benzene rings is 2. The number of carbonyl (C=O) groups is 1. The number of nitrogens with zero attached hydrogens (tertiary/aromatic N) is 6. The molecule has 0 spiro atoms. The topological polar surface area (TPSA) is 64.9 Å². The molecule has 1 amide bonds. The fourth-order valence-electron chi connectivity index (χ4n) is 7.54. The number of rotatable bonds is 6. The van der Waals surface area contributed by atoms with Crippen LogP contribution in [0.3, 0.4) is 0 Å². The van der Waals surface area contributed by atoms with E-state index in [0.717, 1.165) is 50.1 Å². The highest BCUT2D eigenvalue weighted by Crippen LogP contribution is 2.51. The van der Waals surface area contributed by atoms with Gasteiger partial charge in [-0.1, -0.05) is 18.2 Å². The molecule has 4 aliphatic rings. The summed E-state index contributed by atoms with van der Waals surface area (Å²) >= 11 is 7.13. The van der Waals surface area contributed by atoms with E-state index < -0.39 is 57.3 Å². The summed E-state index contributed by atoms with van der Waals surface area (Å²) in [6.45, 7) is 11.5. The van der Waals surface area contributed by atoms with Gasteiger partial charge in [-0.05, 0) is 44.9 Å². The molecule has 3 fully saturated rings. The fourth-order valence-corrected chi connectivity index (χ4v) is 9.03. The Morgan fingerprint density at radius 2 is 1.78 bits per heavy atom. The van der Waals surface area contributed by atoms with E-state index in [9.17, 15) is 14.0 Å². The van der Waals surface area contributed by atoms with Crippen LogP contribution in [0.4, 0.5) is 27.8 Å². The van der Waals surface area contributed by atoms with E-state index in [1.165, 1.54) is 23.5 Å². The Bertz CT molecular complexity index is 1890. The highest BCUT2D eigenvalue weighted by molar-refractivity contribution is 7.99. The van der Waals surface area contributed by atoms with Crippen LogP contribution in [0.2, 0.25) is 5.02 Å². The Hall–Kier alpha value is -3.20. The first kappa shape index (κ1) is 34.3. The summed E-state index contributed by atoms with van der Waals surface area (Å²) in [6.07, 6.45) is -1.33. The van der Waals surface area contributed by atoms with Crippen molar-refractivity contribution >= 4 is 46.0 Å². The first-order valence-electron chi connectivity index (χ1n) is 16.4. The Labute approximate surface area is 289 Å². The molecule has 7 rings (SSSR count). The standard InChI is InChI=1S/C34H36ClF5N6O2S/c1-4-28(47)44-14-19(3)45(15-18(44)2)32-23-11-24(34(38,39)40)29(22-12-25(35)27(37)13-26(22)36)31-30(23)46(33(48)41-32)21(17-49-31)16-42-7-9-43(10-8-42)20-5-6-20/h4,11-13,18-21H,1,5-10,14-17H2,2-3H3/t18-,19+,21+/m1/s1. The van der Waals surface area contributed by atoms with Crippen molar-refractivity contribution in [1.82, 2.24) is 24.3 Å². The van der Waals surface area contributed by atoms with Gasteiger partial charge in [-0.2, -0.15) is 18.2 Å². The maximum absolute atomic E-state index is 15.5. The third kappa shape index (κ3) is 6.23. The summed E-state index contributed by atoms with van der Waals surface area (Å²) in [5.41, 5.74) is -2.55. The second-order valence-corrected chi connectivity index (χ2v) is 14.9. The summed E-state index contributed by atoms with van der Waals surface area (Å²) in [5.74, 6) is -2.26. The minimum Gasteiger partial charge on any atom is -0.349 e. The van der Waals surface area contributed by atoms with Crippen molar-refractivity contribution in [2.45, 2.75) is 61.9 Å². The van der Waals surface area contributed by atoms with E-state index in [4.69, 9.17) is 11.6 Å². The molecule has 4 heterocycles. The SMILES string of the molecule is C=CC(=O)N1C[C@H](C)N(c2nc(=O)n3c4c(c(-c5cc(Cl)c(F)cc5F)c(C(F)(F)F)cc24)SC[C@@H]3CN2CCN(C3CC3)CC2)C[C@H]1C. The molecular weight excluding hydrogens is 687 g/mol. The van der Waals surface area contributed by atoms with Crippen molar-refractivity contribution in [1.29, 1.82) is 0 Å². The van der Waals surface area contributed by atoms with Crippen LogP contribution >= 0.6 is 23.4 Å². The van der Waals surface area contributed by atoms with E-state index >= 15 is 17.6 Å². The van der Waals surface area contributed by atoms with Gasteiger partial charge in [0.25, 0.3) is 0 Å². The lowest BCUT2D eigenvalue weighted by Crippen LogP contribution is -2.58. The van der Waals surface area contributed by atoms with Crippen LogP contribution in [0, 0.1) is 11.6 Å². The lowest BCUT2D eigenvalue weighted by Gasteiger charge is -2.45. The molecular formula is C34H36ClF5N6O2S. The summed E-state index contributed by atoms with van der Waals surface area (Å²) in [4.78, 5) is 39.4. The largest absolute Gasteiger partial charge is 0.417 e. The molecule has 262 valence electrons. The highest BCUT2D eigenvalue weighted by atomic mass is 35.5. The Morgan fingerprint density at radius 1 is 1.06 bits per heavy atom. The molecule has 2 saturated heterocycles. The van der Waals surface area contributed by atoms with Gasteiger partial charge < -0.3 is 9.80 Å². The van der Waals surface area contributed by atoms with Gasteiger partial charge in [0.15, 0.2) is 0 Å². The van der Waals surface area contributed by atoms with Gasteiger partial charge in [0.05, 0.1) is 22.1 Å². The number of aromatic nitrogens is 2. The second kappa shape index (κ2) is 12.8. The number of anilines is 1. The molecule has 3 aliphatic heterocycles. The number of hydrogen-bond acceptors (Lipinski definition) is 7. The molecule has 1 saturated carbocycles. The normalized spacial score (nSPS) is 23.7. The Balaban J connectivity index is 1.42. The van der Waals surface area contributed by atoms with Gasteiger partial charge in [-0.3, -0.25) is 19.2 Å². The third-order valence-electron chi connectivity index (χ3n) is 10.2. The lowest BCUT2D eigenvalue weighted by molar-refractivity contribution is -0.137. The quantitative estimate of drug-likeness (QED) is 0.175. The van der Waals surface area contributed by atoms with Crippen LogP contribution in [-0.4, -0.2) is 99.8 Å².